The number of benzene rings is 2. The fourth-order valence-electron chi connectivity index (χ4n) is 4.55. The fourth-order valence-corrected chi connectivity index (χ4v) is 4.55. The van der Waals surface area contributed by atoms with Crippen molar-refractivity contribution in [2.24, 2.45) is 0 Å². The van der Waals surface area contributed by atoms with Crippen LogP contribution in [-0.2, 0) is 10.3 Å². The Morgan fingerprint density at radius 2 is 1.89 bits per heavy atom. The van der Waals surface area contributed by atoms with Crippen molar-refractivity contribution >= 4 is 16.8 Å². The molecule has 8 nitrogen and oxygen atoms in total. The highest BCUT2D eigenvalue weighted by atomic mass is 16.5. The number of carbonyl (C=O) groups excluding carboxylic acids is 1. The number of amides is 1. The van der Waals surface area contributed by atoms with Crippen LogP contribution in [0.4, 0.5) is 0 Å². The highest BCUT2D eigenvalue weighted by Gasteiger charge is 2.43. The van der Waals surface area contributed by atoms with Gasteiger partial charge in [-0.05, 0) is 74.9 Å². The summed E-state index contributed by atoms with van der Waals surface area (Å²) in [6.45, 7) is 7.08. The molecule has 0 saturated carbocycles. The van der Waals surface area contributed by atoms with E-state index in [1.54, 1.807) is 25.6 Å². The highest BCUT2D eigenvalue weighted by Crippen LogP contribution is 2.38. The Hall–Kier alpha value is -3.75. The standard InChI is InChI=1S/C25H23N3O4.C4H9N/c1-15-6-7-18(30-3)11-20(15)24(29)28-25(13-31-14-25)21-9-17(23-12-27-16(2)32-23)10-22-19(21)5-4-8-26-22;1-5-3-2-4-5/h4-12H,13-14H2,1-3H3,(H,28,29);2-4H2,1H3. The average molecular weight is 501 g/mol. The summed E-state index contributed by atoms with van der Waals surface area (Å²) in [5, 5.41) is 4.19. The van der Waals surface area contributed by atoms with Crippen LogP contribution < -0.4 is 10.1 Å². The normalized spacial score (nSPS) is 16.2. The first-order valence-electron chi connectivity index (χ1n) is 12.4. The molecule has 2 aromatic carbocycles. The first-order valence-corrected chi connectivity index (χ1v) is 12.4. The van der Waals surface area contributed by atoms with Gasteiger partial charge in [0.1, 0.15) is 11.3 Å². The molecule has 0 aliphatic carbocycles. The number of hydrogen-bond donors (Lipinski definition) is 1. The van der Waals surface area contributed by atoms with Crippen LogP contribution >= 0.6 is 0 Å². The third kappa shape index (κ3) is 5.08. The lowest BCUT2D eigenvalue weighted by Gasteiger charge is -2.43. The van der Waals surface area contributed by atoms with E-state index in [1.165, 1.54) is 19.5 Å². The summed E-state index contributed by atoms with van der Waals surface area (Å²) in [5.74, 6) is 1.70. The number of fused-ring (bicyclic) bond motifs is 1. The van der Waals surface area contributed by atoms with Gasteiger partial charge in [0.2, 0.25) is 0 Å². The van der Waals surface area contributed by atoms with Crippen LogP contribution in [0, 0.1) is 13.8 Å². The molecule has 1 N–H and O–H groups in total. The number of methoxy groups -OCH3 is 1. The zero-order chi connectivity index (χ0) is 26.0. The molecule has 0 bridgehead atoms. The quantitative estimate of drug-likeness (QED) is 0.432. The molecule has 2 fully saturated rings. The Labute approximate surface area is 216 Å². The average Bonchev–Trinajstić information content (AvgIpc) is 3.31. The summed E-state index contributed by atoms with van der Waals surface area (Å²) in [6, 6.07) is 13.4. The Bertz CT molecular complexity index is 1420. The molecule has 8 heteroatoms. The Kier molecular flexibility index (Phi) is 6.95. The molecule has 37 heavy (non-hydrogen) atoms. The molecule has 4 heterocycles. The lowest BCUT2D eigenvalue weighted by molar-refractivity contribution is -0.0726. The van der Waals surface area contributed by atoms with Crippen LogP contribution in [0.3, 0.4) is 0 Å². The van der Waals surface area contributed by atoms with Crippen LogP contribution in [0.15, 0.2) is 59.3 Å². The second kappa shape index (κ2) is 10.3. The van der Waals surface area contributed by atoms with E-state index in [4.69, 9.17) is 13.9 Å². The third-order valence-electron chi connectivity index (χ3n) is 6.96. The summed E-state index contributed by atoms with van der Waals surface area (Å²) < 4.78 is 16.7. The number of carbonyl (C=O) groups is 1. The predicted octanol–water partition coefficient (Wildman–Crippen LogP) is 4.49. The molecule has 6 rings (SSSR count). The van der Waals surface area contributed by atoms with E-state index in [9.17, 15) is 4.79 Å². The van der Waals surface area contributed by atoms with E-state index in [2.05, 4.69) is 27.2 Å². The molecule has 0 spiro atoms. The highest BCUT2D eigenvalue weighted by molar-refractivity contribution is 5.97. The molecular formula is C29H32N4O4. The molecule has 2 aliphatic heterocycles. The van der Waals surface area contributed by atoms with Crippen molar-refractivity contribution < 1.29 is 18.7 Å². The Balaban J connectivity index is 0.000000503. The summed E-state index contributed by atoms with van der Waals surface area (Å²) in [7, 11) is 3.73. The van der Waals surface area contributed by atoms with Crippen LogP contribution in [0.1, 0.15) is 33.8 Å². The zero-order valence-corrected chi connectivity index (χ0v) is 21.7. The summed E-state index contributed by atoms with van der Waals surface area (Å²) in [6.07, 6.45) is 4.87. The lowest BCUT2D eigenvalue weighted by atomic mass is 9.83. The van der Waals surface area contributed by atoms with Crippen molar-refractivity contribution in [2.75, 3.05) is 40.5 Å². The topological polar surface area (TPSA) is 89.7 Å². The molecule has 0 atom stereocenters. The number of aryl methyl sites for hydroxylation is 2. The van der Waals surface area contributed by atoms with Crippen molar-refractivity contribution in [2.45, 2.75) is 25.8 Å². The summed E-state index contributed by atoms with van der Waals surface area (Å²) >= 11 is 0. The van der Waals surface area contributed by atoms with E-state index in [0.29, 0.717) is 36.2 Å². The second-order valence-electron chi connectivity index (χ2n) is 9.70. The number of aromatic nitrogens is 2. The molecule has 0 radical (unpaired) electrons. The smallest absolute Gasteiger partial charge is 0.252 e. The molecule has 2 saturated heterocycles. The van der Waals surface area contributed by atoms with E-state index >= 15 is 0 Å². The van der Waals surface area contributed by atoms with Gasteiger partial charge in [0.15, 0.2) is 11.7 Å². The molecule has 1 amide bonds. The SMILES string of the molecule is CN1CCC1.COc1ccc(C)c(C(=O)NC2(c3cc(-c4cnc(C)o4)cc4ncccc34)COC2)c1. The molecular weight excluding hydrogens is 468 g/mol. The Morgan fingerprint density at radius 1 is 1.11 bits per heavy atom. The zero-order valence-electron chi connectivity index (χ0n) is 21.7. The number of nitrogens with zero attached hydrogens (tertiary/aromatic N) is 3. The van der Waals surface area contributed by atoms with Crippen molar-refractivity contribution in [1.82, 2.24) is 20.2 Å². The minimum absolute atomic E-state index is 0.178. The number of nitrogens with one attached hydrogen (secondary N) is 1. The van der Waals surface area contributed by atoms with Gasteiger partial charge < -0.3 is 24.1 Å². The lowest BCUT2D eigenvalue weighted by Crippen LogP contribution is -2.59. The van der Waals surface area contributed by atoms with E-state index in [0.717, 1.165) is 27.6 Å². The van der Waals surface area contributed by atoms with Gasteiger partial charge in [0.05, 0.1) is 32.0 Å². The maximum absolute atomic E-state index is 13.3. The summed E-state index contributed by atoms with van der Waals surface area (Å²) in [5.41, 5.74) is 3.36. The van der Waals surface area contributed by atoms with E-state index < -0.39 is 5.54 Å². The van der Waals surface area contributed by atoms with Crippen molar-refractivity contribution in [3.05, 3.63) is 77.4 Å². The number of oxazole rings is 1. The number of hydrogen-bond acceptors (Lipinski definition) is 7. The van der Waals surface area contributed by atoms with Gasteiger partial charge in [0.25, 0.3) is 5.91 Å². The molecule has 2 aromatic heterocycles. The number of rotatable bonds is 5. The van der Waals surface area contributed by atoms with Gasteiger partial charge in [-0.25, -0.2) is 4.98 Å². The first kappa shape index (κ1) is 24.9. The summed E-state index contributed by atoms with van der Waals surface area (Å²) in [4.78, 5) is 24.4. The van der Waals surface area contributed by atoms with E-state index in [-0.39, 0.29) is 5.91 Å². The maximum atomic E-state index is 13.3. The number of ether oxygens (including phenoxy) is 2. The Morgan fingerprint density at radius 3 is 2.49 bits per heavy atom. The molecule has 4 aromatic rings. The van der Waals surface area contributed by atoms with Crippen molar-refractivity contribution in [3.8, 4) is 17.1 Å². The molecule has 192 valence electrons. The van der Waals surface area contributed by atoms with Crippen molar-refractivity contribution in [3.63, 3.8) is 0 Å². The third-order valence-corrected chi connectivity index (χ3v) is 6.96. The van der Waals surface area contributed by atoms with Crippen LogP contribution in [0.25, 0.3) is 22.2 Å². The number of likely N-dealkylation sites (tertiary alicyclic amines) is 1. The number of pyridine rings is 1. The van der Waals surface area contributed by atoms with Gasteiger partial charge in [-0.1, -0.05) is 12.1 Å². The minimum atomic E-state index is -0.682. The van der Waals surface area contributed by atoms with E-state index in [1.807, 2.05) is 50.2 Å². The second-order valence-corrected chi connectivity index (χ2v) is 9.70. The molecule has 0 unspecified atom stereocenters. The maximum Gasteiger partial charge on any atom is 0.252 e. The van der Waals surface area contributed by atoms with Crippen LogP contribution in [0.2, 0.25) is 0 Å². The van der Waals surface area contributed by atoms with Crippen molar-refractivity contribution in [1.29, 1.82) is 0 Å². The van der Waals surface area contributed by atoms with Gasteiger partial charge in [-0.3, -0.25) is 9.78 Å². The monoisotopic (exact) mass is 500 g/mol. The van der Waals surface area contributed by atoms with Gasteiger partial charge in [0, 0.05) is 29.6 Å². The van der Waals surface area contributed by atoms with Crippen LogP contribution in [0.5, 0.6) is 5.75 Å². The fraction of sp³-hybridized carbons (Fsp3) is 0.345. The largest absolute Gasteiger partial charge is 0.497 e. The predicted molar refractivity (Wildman–Crippen MR) is 142 cm³/mol. The van der Waals surface area contributed by atoms with Gasteiger partial charge in [-0.2, -0.15) is 0 Å². The minimum Gasteiger partial charge on any atom is -0.497 e. The first-order chi connectivity index (χ1) is 17.9. The van der Waals surface area contributed by atoms with Gasteiger partial charge in [-0.15, -0.1) is 0 Å². The molecule has 2 aliphatic rings. The van der Waals surface area contributed by atoms with Gasteiger partial charge >= 0.3 is 0 Å². The van der Waals surface area contributed by atoms with Crippen LogP contribution in [-0.4, -0.2) is 61.2 Å².